The second-order valence-electron chi connectivity index (χ2n) is 5.48. The number of aryl methyl sites for hydroxylation is 1. The number of nitrogens with zero attached hydrogens (tertiary/aromatic N) is 1. The zero-order chi connectivity index (χ0) is 17.0. The van der Waals surface area contributed by atoms with E-state index in [1.807, 2.05) is 6.92 Å². The summed E-state index contributed by atoms with van der Waals surface area (Å²) in [6.45, 7) is 4.40. The van der Waals surface area contributed by atoms with Crippen molar-refractivity contribution in [1.82, 2.24) is 9.55 Å². The average Bonchev–Trinajstić information content (AvgIpc) is 2.88. The Balaban J connectivity index is 2.35. The molecule has 2 rings (SSSR count). The van der Waals surface area contributed by atoms with E-state index in [1.165, 1.54) is 10.8 Å². The average molecular weight is 328 g/mol. The third-order valence-corrected chi connectivity index (χ3v) is 3.98. The first kappa shape index (κ1) is 17.9. The van der Waals surface area contributed by atoms with Crippen LogP contribution in [0.1, 0.15) is 25.1 Å². The van der Waals surface area contributed by atoms with Gasteiger partial charge in [-0.1, -0.05) is 6.92 Å². The normalized spacial score (nSPS) is 27.5. The largest absolute Gasteiger partial charge is 0.382 e. The quantitative estimate of drug-likeness (QED) is 0.719. The van der Waals surface area contributed by atoms with E-state index in [1.54, 1.807) is 21.1 Å². The summed E-state index contributed by atoms with van der Waals surface area (Å²) < 4.78 is 23.7. The molecule has 4 atom stereocenters. The number of aromatic nitrogens is 2. The van der Waals surface area contributed by atoms with Crippen molar-refractivity contribution in [3.63, 3.8) is 0 Å². The molecule has 0 radical (unpaired) electrons. The van der Waals surface area contributed by atoms with Gasteiger partial charge in [0.2, 0.25) is 0 Å². The molecule has 1 aromatic heterocycles. The number of hydrogen-bond acceptors (Lipinski definition) is 6. The molecular weight excluding hydrogens is 304 g/mol. The van der Waals surface area contributed by atoms with Gasteiger partial charge in [-0.3, -0.25) is 14.3 Å². The molecule has 1 unspecified atom stereocenters. The molecule has 1 fully saturated rings. The molecule has 0 bridgehead atoms. The zero-order valence-corrected chi connectivity index (χ0v) is 13.9. The highest BCUT2D eigenvalue weighted by atomic mass is 16.6. The van der Waals surface area contributed by atoms with Gasteiger partial charge in [-0.25, -0.2) is 4.79 Å². The minimum absolute atomic E-state index is 0.198. The van der Waals surface area contributed by atoms with Crippen LogP contribution in [0.15, 0.2) is 15.8 Å². The van der Waals surface area contributed by atoms with Crippen molar-refractivity contribution in [2.24, 2.45) is 0 Å². The first-order valence-electron chi connectivity index (χ1n) is 7.64. The van der Waals surface area contributed by atoms with E-state index in [-0.39, 0.29) is 12.2 Å². The number of ether oxygens (including phenoxy) is 4. The Kier molecular flexibility index (Phi) is 6.11. The summed E-state index contributed by atoms with van der Waals surface area (Å²) in [4.78, 5) is 26.0. The van der Waals surface area contributed by atoms with Crippen molar-refractivity contribution in [3.05, 3.63) is 32.6 Å². The number of nitrogens with one attached hydrogen (secondary N) is 1. The van der Waals surface area contributed by atoms with Crippen LogP contribution in [0.2, 0.25) is 0 Å². The van der Waals surface area contributed by atoms with Gasteiger partial charge in [0, 0.05) is 26.0 Å². The Morgan fingerprint density at radius 2 is 2.00 bits per heavy atom. The molecule has 1 aliphatic rings. The summed E-state index contributed by atoms with van der Waals surface area (Å²) in [5.74, 6) is 0. The lowest BCUT2D eigenvalue weighted by Gasteiger charge is -2.24. The molecule has 0 amide bonds. The Hall–Kier alpha value is -1.48. The minimum Gasteiger partial charge on any atom is -0.382 e. The number of rotatable bonds is 7. The molecule has 1 aliphatic heterocycles. The summed E-state index contributed by atoms with van der Waals surface area (Å²) >= 11 is 0. The SMILES string of the molecule is CC[C@H]1O[C@@H](n2cc(C)c(=O)[nH]c2=O)[C@@H](OCCOC)C1OC. The van der Waals surface area contributed by atoms with Crippen molar-refractivity contribution < 1.29 is 18.9 Å². The van der Waals surface area contributed by atoms with Crippen LogP contribution in [0.3, 0.4) is 0 Å². The highest BCUT2D eigenvalue weighted by Gasteiger charge is 2.46. The van der Waals surface area contributed by atoms with Gasteiger partial charge >= 0.3 is 5.69 Å². The number of methoxy groups -OCH3 is 2. The Morgan fingerprint density at radius 3 is 2.61 bits per heavy atom. The topological polar surface area (TPSA) is 91.8 Å². The molecule has 0 spiro atoms. The van der Waals surface area contributed by atoms with Gasteiger partial charge in [-0.05, 0) is 13.3 Å². The summed E-state index contributed by atoms with van der Waals surface area (Å²) in [5, 5.41) is 0. The maximum Gasteiger partial charge on any atom is 0.330 e. The minimum atomic E-state index is -0.662. The van der Waals surface area contributed by atoms with E-state index in [0.29, 0.717) is 18.8 Å². The Bertz CT molecular complexity index is 625. The van der Waals surface area contributed by atoms with Crippen LogP contribution in [-0.2, 0) is 18.9 Å². The fourth-order valence-corrected chi connectivity index (χ4v) is 2.77. The first-order chi connectivity index (χ1) is 11.0. The van der Waals surface area contributed by atoms with Crippen molar-refractivity contribution >= 4 is 0 Å². The zero-order valence-electron chi connectivity index (χ0n) is 13.9. The van der Waals surface area contributed by atoms with Crippen molar-refractivity contribution in [2.75, 3.05) is 27.4 Å². The van der Waals surface area contributed by atoms with Gasteiger partial charge in [0.1, 0.15) is 12.2 Å². The maximum absolute atomic E-state index is 12.2. The fraction of sp³-hybridized carbons (Fsp3) is 0.733. The third-order valence-electron chi connectivity index (χ3n) is 3.98. The molecule has 130 valence electrons. The molecule has 2 heterocycles. The summed E-state index contributed by atoms with van der Waals surface area (Å²) in [5.41, 5.74) is -0.508. The molecule has 0 saturated carbocycles. The van der Waals surface area contributed by atoms with Crippen LogP contribution in [0.5, 0.6) is 0 Å². The van der Waals surface area contributed by atoms with E-state index in [4.69, 9.17) is 18.9 Å². The van der Waals surface area contributed by atoms with E-state index in [0.717, 1.165) is 6.42 Å². The molecule has 1 aromatic rings. The van der Waals surface area contributed by atoms with Gasteiger partial charge in [0.25, 0.3) is 5.56 Å². The van der Waals surface area contributed by atoms with E-state index < -0.39 is 23.6 Å². The highest BCUT2D eigenvalue weighted by Crippen LogP contribution is 2.33. The highest BCUT2D eigenvalue weighted by molar-refractivity contribution is 5.03. The lowest BCUT2D eigenvalue weighted by Crippen LogP contribution is -2.40. The second-order valence-corrected chi connectivity index (χ2v) is 5.48. The van der Waals surface area contributed by atoms with Crippen molar-refractivity contribution in [2.45, 2.75) is 44.8 Å². The second kappa shape index (κ2) is 7.87. The first-order valence-corrected chi connectivity index (χ1v) is 7.64. The van der Waals surface area contributed by atoms with Crippen LogP contribution in [0, 0.1) is 6.92 Å². The number of aromatic amines is 1. The molecule has 1 N–H and O–H groups in total. The summed E-state index contributed by atoms with van der Waals surface area (Å²) in [6, 6.07) is 0. The van der Waals surface area contributed by atoms with Gasteiger partial charge in [-0.2, -0.15) is 0 Å². The summed E-state index contributed by atoms with van der Waals surface area (Å²) in [7, 11) is 3.18. The van der Waals surface area contributed by atoms with E-state index in [2.05, 4.69) is 4.98 Å². The van der Waals surface area contributed by atoms with E-state index in [9.17, 15) is 9.59 Å². The lowest BCUT2D eigenvalue weighted by atomic mass is 10.1. The number of hydrogen-bond donors (Lipinski definition) is 1. The molecule has 8 nitrogen and oxygen atoms in total. The predicted molar refractivity (Wildman–Crippen MR) is 82.7 cm³/mol. The molecule has 23 heavy (non-hydrogen) atoms. The van der Waals surface area contributed by atoms with Crippen LogP contribution >= 0.6 is 0 Å². The van der Waals surface area contributed by atoms with Crippen LogP contribution in [-0.4, -0.2) is 55.3 Å². The van der Waals surface area contributed by atoms with Gasteiger partial charge in [-0.15, -0.1) is 0 Å². The fourth-order valence-electron chi connectivity index (χ4n) is 2.77. The van der Waals surface area contributed by atoms with Gasteiger partial charge in [0.05, 0.1) is 19.3 Å². The lowest BCUT2D eigenvalue weighted by molar-refractivity contribution is -0.0839. The predicted octanol–water partition coefficient (Wildman–Crippen LogP) is 0.199. The Morgan fingerprint density at radius 1 is 1.26 bits per heavy atom. The van der Waals surface area contributed by atoms with Crippen molar-refractivity contribution in [3.8, 4) is 0 Å². The smallest absolute Gasteiger partial charge is 0.330 e. The Labute approximate surface area is 134 Å². The van der Waals surface area contributed by atoms with Crippen molar-refractivity contribution in [1.29, 1.82) is 0 Å². The standard InChI is InChI=1S/C15H24N2O6/c1-5-10-11(21-4)12(22-7-6-20-3)14(23-10)17-8-9(2)13(18)16-15(17)19/h8,10-12,14H,5-7H2,1-4H3,(H,16,18,19)/t10-,11?,12+,14-/m1/s1. The molecule has 0 aliphatic carbocycles. The molecule has 0 aromatic carbocycles. The summed E-state index contributed by atoms with van der Waals surface area (Å²) in [6.07, 6.45) is 0.574. The molecular formula is C15H24N2O6. The van der Waals surface area contributed by atoms with Gasteiger partial charge in [0.15, 0.2) is 6.23 Å². The van der Waals surface area contributed by atoms with E-state index >= 15 is 0 Å². The maximum atomic E-state index is 12.2. The third kappa shape index (κ3) is 3.72. The van der Waals surface area contributed by atoms with Gasteiger partial charge < -0.3 is 18.9 Å². The van der Waals surface area contributed by atoms with Crippen LogP contribution in [0.25, 0.3) is 0 Å². The molecule has 8 heteroatoms. The molecule has 1 saturated heterocycles. The number of H-pyrrole nitrogens is 1. The van der Waals surface area contributed by atoms with Crippen LogP contribution in [0.4, 0.5) is 0 Å². The van der Waals surface area contributed by atoms with Crippen LogP contribution < -0.4 is 11.2 Å². The monoisotopic (exact) mass is 328 g/mol.